The maximum Gasteiger partial charge on any atom is 0.291 e. The molecule has 0 spiro atoms. The minimum absolute atomic E-state index is 0.0887. The summed E-state index contributed by atoms with van der Waals surface area (Å²) in [5.41, 5.74) is 5.66. The molecule has 0 aliphatic carbocycles. The summed E-state index contributed by atoms with van der Waals surface area (Å²) in [5, 5.41) is 2.63. The van der Waals surface area contributed by atoms with Gasteiger partial charge >= 0.3 is 0 Å². The van der Waals surface area contributed by atoms with E-state index < -0.39 is 11.7 Å². The number of amides is 1. The zero-order chi connectivity index (χ0) is 14.0. The van der Waals surface area contributed by atoms with Gasteiger partial charge in [-0.3, -0.25) is 4.79 Å². The molecule has 100 valence electrons. The molecular formula is C12H9BrClFN2O2. The van der Waals surface area contributed by atoms with Crippen LogP contribution in [-0.4, -0.2) is 5.91 Å². The third-order valence-electron chi connectivity index (χ3n) is 2.33. The summed E-state index contributed by atoms with van der Waals surface area (Å²) < 4.78 is 18.6. The third kappa shape index (κ3) is 3.15. The van der Waals surface area contributed by atoms with E-state index in [9.17, 15) is 9.18 Å². The highest BCUT2D eigenvalue weighted by molar-refractivity contribution is 9.10. The van der Waals surface area contributed by atoms with Gasteiger partial charge < -0.3 is 15.5 Å². The lowest BCUT2D eigenvalue weighted by molar-refractivity contribution is 0.0995. The quantitative estimate of drug-likeness (QED) is 0.892. The highest BCUT2D eigenvalue weighted by Crippen LogP contribution is 2.32. The number of furan rings is 1. The Bertz CT molecular complexity index is 607. The molecular weight excluding hydrogens is 338 g/mol. The highest BCUT2D eigenvalue weighted by Gasteiger charge is 2.15. The maximum atomic E-state index is 13.1. The molecule has 0 radical (unpaired) electrons. The predicted octanol–water partition coefficient (Wildman–Crippen LogP) is 3.55. The average molecular weight is 348 g/mol. The van der Waals surface area contributed by atoms with Crippen molar-refractivity contribution in [3.63, 3.8) is 0 Å². The lowest BCUT2D eigenvalue weighted by Crippen LogP contribution is -2.12. The molecule has 4 nitrogen and oxygen atoms in total. The van der Waals surface area contributed by atoms with Crippen LogP contribution < -0.4 is 11.1 Å². The van der Waals surface area contributed by atoms with Crippen molar-refractivity contribution >= 4 is 39.1 Å². The number of hydrogen-bond acceptors (Lipinski definition) is 3. The molecule has 3 N–H and O–H groups in total. The molecule has 1 aromatic carbocycles. The lowest BCUT2D eigenvalue weighted by atomic mass is 10.3. The summed E-state index contributed by atoms with van der Waals surface area (Å²) in [6.45, 7) is 0.203. The molecule has 1 heterocycles. The fourth-order valence-electron chi connectivity index (χ4n) is 1.45. The van der Waals surface area contributed by atoms with E-state index in [0.717, 1.165) is 6.07 Å². The number of nitrogens with one attached hydrogen (secondary N) is 1. The van der Waals surface area contributed by atoms with Gasteiger partial charge in [0.1, 0.15) is 11.6 Å². The van der Waals surface area contributed by atoms with Gasteiger partial charge in [0.05, 0.1) is 17.3 Å². The van der Waals surface area contributed by atoms with Crippen LogP contribution in [0.2, 0.25) is 5.02 Å². The van der Waals surface area contributed by atoms with E-state index in [0.29, 0.717) is 10.2 Å². The molecule has 19 heavy (non-hydrogen) atoms. The Kier molecular flexibility index (Phi) is 4.24. The van der Waals surface area contributed by atoms with Crippen molar-refractivity contribution in [2.45, 2.75) is 6.54 Å². The Hall–Kier alpha value is -1.37. The van der Waals surface area contributed by atoms with E-state index >= 15 is 0 Å². The summed E-state index contributed by atoms with van der Waals surface area (Å²) in [6, 6.07) is 5.42. The van der Waals surface area contributed by atoms with Gasteiger partial charge in [0.2, 0.25) is 0 Å². The van der Waals surface area contributed by atoms with E-state index in [-0.39, 0.29) is 23.0 Å². The monoisotopic (exact) mass is 346 g/mol. The fourth-order valence-corrected chi connectivity index (χ4v) is 2.35. The molecule has 0 atom stereocenters. The Morgan fingerprint density at radius 2 is 2.21 bits per heavy atom. The Balaban J connectivity index is 2.24. The van der Waals surface area contributed by atoms with Gasteiger partial charge in [0, 0.05) is 4.47 Å². The van der Waals surface area contributed by atoms with Crippen molar-refractivity contribution < 1.29 is 13.6 Å². The SMILES string of the molecule is NCc1ccc(C(=O)Nc2c(Cl)cc(F)cc2Br)o1. The summed E-state index contributed by atoms with van der Waals surface area (Å²) in [7, 11) is 0. The largest absolute Gasteiger partial charge is 0.455 e. The zero-order valence-corrected chi connectivity index (χ0v) is 11.9. The van der Waals surface area contributed by atoms with Gasteiger partial charge in [-0.05, 0) is 40.2 Å². The van der Waals surface area contributed by atoms with Crippen LogP contribution in [0.25, 0.3) is 0 Å². The molecule has 2 aromatic rings. The van der Waals surface area contributed by atoms with Gasteiger partial charge in [-0.15, -0.1) is 0 Å². The van der Waals surface area contributed by atoms with E-state index in [1.54, 1.807) is 6.07 Å². The van der Waals surface area contributed by atoms with Gasteiger partial charge in [0.15, 0.2) is 5.76 Å². The maximum absolute atomic E-state index is 13.1. The van der Waals surface area contributed by atoms with Gasteiger partial charge in [-0.25, -0.2) is 4.39 Å². The van der Waals surface area contributed by atoms with Crippen LogP contribution in [0, 0.1) is 5.82 Å². The first-order valence-corrected chi connectivity index (χ1v) is 6.43. The minimum Gasteiger partial charge on any atom is -0.455 e. The Labute approximate surface area is 121 Å². The van der Waals surface area contributed by atoms with Crippen LogP contribution in [-0.2, 0) is 6.54 Å². The number of anilines is 1. The van der Waals surface area contributed by atoms with Gasteiger partial charge in [-0.1, -0.05) is 11.6 Å². The fraction of sp³-hybridized carbons (Fsp3) is 0.0833. The van der Waals surface area contributed by atoms with Crippen molar-refractivity contribution in [3.05, 3.63) is 51.1 Å². The molecule has 0 unspecified atom stereocenters. The molecule has 1 amide bonds. The van der Waals surface area contributed by atoms with Crippen LogP contribution in [0.3, 0.4) is 0 Å². The van der Waals surface area contributed by atoms with Gasteiger partial charge in [-0.2, -0.15) is 0 Å². The van der Waals surface area contributed by atoms with Crippen LogP contribution in [0.4, 0.5) is 10.1 Å². The number of carbonyl (C=O) groups is 1. The normalized spacial score (nSPS) is 10.5. The molecule has 1 aromatic heterocycles. The van der Waals surface area contributed by atoms with E-state index in [1.165, 1.54) is 12.1 Å². The molecule has 7 heteroatoms. The van der Waals surface area contributed by atoms with E-state index in [1.807, 2.05) is 0 Å². The van der Waals surface area contributed by atoms with Crippen molar-refractivity contribution in [1.29, 1.82) is 0 Å². The van der Waals surface area contributed by atoms with Crippen molar-refractivity contribution in [2.75, 3.05) is 5.32 Å². The summed E-state index contributed by atoms with van der Waals surface area (Å²) >= 11 is 8.99. The molecule has 0 bridgehead atoms. The second-order valence-corrected chi connectivity index (χ2v) is 4.93. The van der Waals surface area contributed by atoms with Gasteiger partial charge in [0.25, 0.3) is 5.91 Å². The minimum atomic E-state index is -0.502. The number of hydrogen-bond donors (Lipinski definition) is 2. The average Bonchev–Trinajstić information content (AvgIpc) is 2.82. The zero-order valence-electron chi connectivity index (χ0n) is 9.54. The van der Waals surface area contributed by atoms with Crippen LogP contribution >= 0.6 is 27.5 Å². The lowest BCUT2D eigenvalue weighted by Gasteiger charge is -2.08. The van der Waals surface area contributed by atoms with E-state index in [2.05, 4.69) is 21.2 Å². The number of carbonyl (C=O) groups excluding carboxylic acids is 1. The number of halogens is 3. The highest BCUT2D eigenvalue weighted by atomic mass is 79.9. The molecule has 0 aliphatic heterocycles. The van der Waals surface area contributed by atoms with Crippen LogP contribution in [0.1, 0.15) is 16.3 Å². The topological polar surface area (TPSA) is 68.3 Å². The first-order valence-electron chi connectivity index (χ1n) is 5.26. The molecule has 0 fully saturated rings. The van der Waals surface area contributed by atoms with Crippen molar-refractivity contribution in [3.8, 4) is 0 Å². The second kappa shape index (κ2) is 5.73. The first kappa shape index (κ1) is 14.0. The molecule has 2 rings (SSSR count). The number of nitrogens with two attached hydrogens (primary N) is 1. The Morgan fingerprint density at radius 1 is 1.47 bits per heavy atom. The second-order valence-electron chi connectivity index (χ2n) is 3.67. The number of rotatable bonds is 3. The number of benzene rings is 1. The predicted molar refractivity (Wildman–Crippen MR) is 73.7 cm³/mol. The molecule has 0 aliphatic rings. The summed E-state index contributed by atoms with van der Waals surface area (Å²) in [4.78, 5) is 11.9. The molecule has 0 saturated carbocycles. The third-order valence-corrected chi connectivity index (χ3v) is 3.26. The smallest absolute Gasteiger partial charge is 0.291 e. The van der Waals surface area contributed by atoms with Crippen molar-refractivity contribution in [2.24, 2.45) is 5.73 Å². The van der Waals surface area contributed by atoms with Crippen LogP contribution in [0.5, 0.6) is 0 Å². The van der Waals surface area contributed by atoms with Crippen molar-refractivity contribution in [1.82, 2.24) is 0 Å². The Morgan fingerprint density at radius 3 is 2.79 bits per heavy atom. The standard InChI is InChI=1S/C12H9BrClFN2O2/c13-8-3-6(15)4-9(14)11(8)17-12(18)10-2-1-7(5-16)19-10/h1-4H,5,16H2,(H,17,18). The molecule has 0 saturated heterocycles. The summed E-state index contributed by atoms with van der Waals surface area (Å²) in [5.74, 6) is -0.394. The van der Waals surface area contributed by atoms with E-state index in [4.69, 9.17) is 21.8 Å². The first-order chi connectivity index (χ1) is 9.01. The van der Waals surface area contributed by atoms with Crippen LogP contribution in [0.15, 0.2) is 33.2 Å². The summed E-state index contributed by atoms with van der Waals surface area (Å²) in [6.07, 6.45) is 0.